The highest BCUT2D eigenvalue weighted by Crippen LogP contribution is 2.27. The highest BCUT2D eigenvalue weighted by atomic mass is 35.5. The number of fused-ring (bicyclic) bond motifs is 5. The van der Waals surface area contributed by atoms with Crippen LogP contribution in [0.1, 0.15) is 34.1 Å². The summed E-state index contributed by atoms with van der Waals surface area (Å²) in [5.41, 5.74) is 3.18. The molecular weight excluding hydrogens is 548 g/mol. The molecule has 218 valence electrons. The zero-order valence-electron chi connectivity index (χ0n) is 23.5. The van der Waals surface area contributed by atoms with Crippen LogP contribution in [0.2, 0.25) is 5.15 Å². The van der Waals surface area contributed by atoms with Crippen LogP contribution in [0.3, 0.4) is 0 Å². The zero-order valence-corrected chi connectivity index (χ0v) is 24.3. The van der Waals surface area contributed by atoms with E-state index in [-0.39, 0.29) is 43.7 Å². The molecule has 3 aromatic rings. The van der Waals surface area contributed by atoms with Crippen LogP contribution in [-0.2, 0) is 40.9 Å². The smallest absolute Gasteiger partial charge is 0.256 e. The van der Waals surface area contributed by atoms with Gasteiger partial charge in [-0.3, -0.25) is 24.2 Å². The minimum Gasteiger partial charge on any atom is -0.456 e. The summed E-state index contributed by atoms with van der Waals surface area (Å²) in [7, 11) is 3.39. The number of ether oxygens (including phenoxy) is 3. The zero-order chi connectivity index (χ0) is 28.9. The first-order valence-corrected chi connectivity index (χ1v) is 14.1. The topological polar surface area (TPSA) is 111 Å². The van der Waals surface area contributed by atoms with Crippen molar-refractivity contribution in [1.29, 1.82) is 0 Å². The summed E-state index contributed by atoms with van der Waals surface area (Å²) >= 11 is 6.58. The van der Waals surface area contributed by atoms with Gasteiger partial charge in [-0.1, -0.05) is 30.7 Å². The van der Waals surface area contributed by atoms with Crippen molar-refractivity contribution in [1.82, 2.24) is 29.9 Å². The van der Waals surface area contributed by atoms with Crippen molar-refractivity contribution < 1.29 is 23.8 Å². The number of halogens is 1. The Morgan fingerprint density at radius 2 is 2.02 bits per heavy atom. The first-order valence-electron chi connectivity index (χ1n) is 13.7. The summed E-state index contributed by atoms with van der Waals surface area (Å²) in [5.74, 6) is 0.411. The van der Waals surface area contributed by atoms with Gasteiger partial charge in [0.15, 0.2) is 0 Å². The number of nitrogens with zero attached hydrogens (tertiary/aromatic N) is 5. The summed E-state index contributed by atoms with van der Waals surface area (Å²) in [5, 5.41) is 8.28. The van der Waals surface area contributed by atoms with E-state index in [0.717, 1.165) is 23.2 Å². The molecule has 12 heteroatoms. The molecule has 4 heterocycles. The van der Waals surface area contributed by atoms with E-state index >= 15 is 0 Å². The van der Waals surface area contributed by atoms with Crippen LogP contribution >= 0.6 is 11.6 Å². The lowest BCUT2D eigenvalue weighted by Gasteiger charge is -2.25. The van der Waals surface area contributed by atoms with E-state index in [1.54, 1.807) is 24.1 Å². The third-order valence-electron chi connectivity index (χ3n) is 7.30. The molecule has 0 aliphatic carbocycles. The number of nitrogens with one attached hydrogen (secondary N) is 1. The normalized spacial score (nSPS) is 20.0. The van der Waals surface area contributed by atoms with Gasteiger partial charge in [0.1, 0.15) is 16.7 Å². The standard InChI is InChI=1S/C29H35ClN6O5/c1-4-24-23(28(30)34(2)33-24)14-35-15-25-26(16-35)40-18-19-6-5-7-21(10-19)41-22-11-20(12-31-13-22)29(38)36(8-9-39-3)17-27(37)32-25/h5-7,10-13,25-26H,4,8-9,14-18H2,1-3H3,(H,32,37)/t25-,26-/m0/s1. The molecule has 1 N–H and O–H groups in total. The fourth-order valence-corrected chi connectivity index (χ4v) is 5.45. The van der Waals surface area contributed by atoms with Gasteiger partial charge in [-0.25, -0.2) is 0 Å². The molecule has 41 heavy (non-hydrogen) atoms. The Labute approximate surface area is 244 Å². The molecule has 0 unspecified atom stereocenters. The number of aromatic nitrogens is 3. The molecule has 2 amide bonds. The quantitative estimate of drug-likeness (QED) is 0.472. The molecule has 1 aromatic carbocycles. The second kappa shape index (κ2) is 13.0. The molecule has 0 saturated carbocycles. The van der Waals surface area contributed by atoms with Crippen LogP contribution in [0, 0.1) is 0 Å². The van der Waals surface area contributed by atoms with Gasteiger partial charge in [0.25, 0.3) is 5.91 Å². The maximum absolute atomic E-state index is 13.4. The van der Waals surface area contributed by atoms with Crippen molar-refractivity contribution in [3.05, 3.63) is 70.3 Å². The van der Waals surface area contributed by atoms with E-state index in [0.29, 0.717) is 48.5 Å². The van der Waals surface area contributed by atoms with E-state index in [2.05, 4.69) is 27.2 Å². The Balaban J connectivity index is 1.42. The Bertz CT molecular complexity index is 1400. The van der Waals surface area contributed by atoms with Crippen molar-refractivity contribution in [2.75, 3.05) is 39.9 Å². The summed E-state index contributed by atoms with van der Waals surface area (Å²) in [4.78, 5) is 34.6. The molecule has 2 aliphatic rings. The lowest BCUT2D eigenvalue weighted by Crippen LogP contribution is -2.49. The number of carbonyl (C=O) groups is 2. The Hall–Kier alpha value is -3.51. The van der Waals surface area contributed by atoms with Crippen molar-refractivity contribution in [2.24, 2.45) is 7.05 Å². The number of rotatable bonds is 6. The second-order valence-electron chi connectivity index (χ2n) is 10.3. The summed E-state index contributed by atoms with van der Waals surface area (Å²) < 4.78 is 19.3. The number of likely N-dealkylation sites (tertiary alicyclic amines) is 1. The highest BCUT2D eigenvalue weighted by molar-refractivity contribution is 6.30. The van der Waals surface area contributed by atoms with E-state index in [9.17, 15) is 9.59 Å². The second-order valence-corrected chi connectivity index (χ2v) is 10.6. The molecule has 2 aliphatic heterocycles. The van der Waals surface area contributed by atoms with E-state index in [4.69, 9.17) is 25.8 Å². The first-order chi connectivity index (χ1) is 19.8. The van der Waals surface area contributed by atoms with E-state index < -0.39 is 0 Å². The fourth-order valence-electron chi connectivity index (χ4n) is 5.24. The number of amides is 2. The van der Waals surface area contributed by atoms with E-state index in [1.807, 2.05) is 31.3 Å². The maximum Gasteiger partial charge on any atom is 0.256 e. The van der Waals surface area contributed by atoms with Gasteiger partial charge in [0, 0.05) is 52.1 Å². The lowest BCUT2D eigenvalue weighted by molar-refractivity contribution is -0.123. The van der Waals surface area contributed by atoms with Gasteiger partial charge >= 0.3 is 0 Å². The minimum atomic E-state index is -0.338. The molecule has 11 nitrogen and oxygen atoms in total. The monoisotopic (exact) mass is 582 g/mol. The van der Waals surface area contributed by atoms with Gasteiger partial charge in [-0.05, 0) is 30.2 Å². The average Bonchev–Trinajstić information content (AvgIpc) is 3.47. The number of carbonyl (C=O) groups excluding carboxylic acids is 2. The van der Waals surface area contributed by atoms with Crippen LogP contribution in [0.15, 0.2) is 42.7 Å². The highest BCUT2D eigenvalue weighted by Gasteiger charge is 2.36. The number of methoxy groups -OCH3 is 1. The Morgan fingerprint density at radius 1 is 1.17 bits per heavy atom. The molecular formula is C29H35ClN6O5. The maximum atomic E-state index is 13.4. The van der Waals surface area contributed by atoms with Gasteiger partial charge < -0.3 is 24.4 Å². The molecule has 2 aromatic heterocycles. The predicted molar refractivity (Wildman–Crippen MR) is 152 cm³/mol. The molecule has 1 fully saturated rings. The molecule has 1 saturated heterocycles. The van der Waals surface area contributed by atoms with Crippen LogP contribution in [0.5, 0.6) is 11.5 Å². The van der Waals surface area contributed by atoms with Gasteiger partial charge in [-0.2, -0.15) is 5.10 Å². The lowest BCUT2D eigenvalue weighted by atomic mass is 10.2. The van der Waals surface area contributed by atoms with Crippen LogP contribution < -0.4 is 10.1 Å². The van der Waals surface area contributed by atoms with Gasteiger partial charge in [0.2, 0.25) is 5.91 Å². The number of pyridine rings is 1. The number of aryl methyl sites for hydroxylation is 2. The van der Waals surface area contributed by atoms with Crippen molar-refractivity contribution in [3.8, 4) is 11.5 Å². The van der Waals surface area contributed by atoms with Crippen molar-refractivity contribution in [2.45, 2.75) is 38.6 Å². The number of hydrogen-bond donors (Lipinski definition) is 1. The van der Waals surface area contributed by atoms with E-state index in [1.165, 1.54) is 11.1 Å². The minimum absolute atomic E-state index is 0.135. The molecule has 0 spiro atoms. The Kier molecular flexibility index (Phi) is 9.19. The third-order valence-corrected chi connectivity index (χ3v) is 7.78. The summed E-state index contributed by atoms with van der Waals surface area (Å²) in [6, 6.07) is 8.93. The molecule has 2 atom stereocenters. The van der Waals surface area contributed by atoms with Crippen LogP contribution in [0.4, 0.5) is 0 Å². The fraction of sp³-hybridized carbons (Fsp3) is 0.448. The summed E-state index contributed by atoms with van der Waals surface area (Å²) in [6.45, 7) is 4.53. The molecule has 5 rings (SSSR count). The Morgan fingerprint density at radius 3 is 2.83 bits per heavy atom. The molecule has 0 radical (unpaired) electrons. The largest absolute Gasteiger partial charge is 0.456 e. The van der Waals surface area contributed by atoms with Crippen molar-refractivity contribution in [3.63, 3.8) is 0 Å². The van der Waals surface area contributed by atoms with Crippen LogP contribution in [0.25, 0.3) is 0 Å². The number of benzene rings is 1. The SMILES string of the molecule is CCc1nn(C)c(Cl)c1CN1C[C@@H]2NC(=O)CN(CCOC)C(=O)c3cncc(c3)Oc3cccc(c3)CO[C@H]2C1. The molecule has 4 bridgehead atoms. The van der Waals surface area contributed by atoms with Crippen LogP contribution in [-0.4, -0.2) is 88.4 Å². The first kappa shape index (κ1) is 29.0. The number of hydrogen-bond acceptors (Lipinski definition) is 8. The van der Waals surface area contributed by atoms with Crippen molar-refractivity contribution >= 4 is 23.4 Å². The average molecular weight is 583 g/mol. The van der Waals surface area contributed by atoms with Gasteiger partial charge in [0.05, 0.1) is 49.4 Å². The predicted octanol–water partition coefficient (Wildman–Crippen LogP) is 2.81. The summed E-state index contributed by atoms with van der Waals surface area (Å²) in [6.07, 6.45) is 3.51. The van der Waals surface area contributed by atoms with Gasteiger partial charge in [-0.15, -0.1) is 0 Å². The third kappa shape index (κ3) is 6.87.